The molecule has 6 nitrogen and oxygen atoms in total. The third kappa shape index (κ3) is 3.70. The van der Waals surface area contributed by atoms with E-state index in [2.05, 4.69) is 10.2 Å². The second-order valence-corrected chi connectivity index (χ2v) is 5.40. The Morgan fingerprint density at radius 2 is 2.09 bits per heavy atom. The molecule has 0 atom stereocenters. The Hall–Kier alpha value is -2.37. The first kappa shape index (κ1) is 17.0. The standard InChI is InChI=1S/C17H23N3O3/c1-4-6-7-15(21)18-19-16-13-11-12(23-3)8-9-14(13)20(10-5-2)17(16)22/h8-9,11,22H,4-7,10H2,1-3H3. The molecule has 0 fully saturated rings. The van der Waals surface area contributed by atoms with Gasteiger partial charge in [-0.25, -0.2) is 0 Å². The monoisotopic (exact) mass is 317 g/mol. The van der Waals surface area contributed by atoms with E-state index in [0.717, 1.165) is 30.2 Å². The van der Waals surface area contributed by atoms with Gasteiger partial charge in [-0.1, -0.05) is 20.3 Å². The van der Waals surface area contributed by atoms with Crippen LogP contribution in [0.15, 0.2) is 28.4 Å². The van der Waals surface area contributed by atoms with Gasteiger partial charge in [0.05, 0.1) is 12.6 Å². The van der Waals surface area contributed by atoms with Crippen molar-refractivity contribution >= 4 is 22.5 Å². The number of aryl methyl sites for hydroxylation is 1. The second kappa shape index (κ2) is 7.76. The number of carbonyl (C=O) groups is 1. The van der Waals surface area contributed by atoms with Gasteiger partial charge in [0.15, 0.2) is 5.69 Å². The van der Waals surface area contributed by atoms with E-state index in [1.807, 2.05) is 26.0 Å². The van der Waals surface area contributed by atoms with E-state index < -0.39 is 0 Å². The Morgan fingerprint density at radius 1 is 1.30 bits per heavy atom. The average molecular weight is 317 g/mol. The molecule has 1 amide bonds. The van der Waals surface area contributed by atoms with Crippen LogP contribution in [0.25, 0.3) is 10.9 Å². The summed E-state index contributed by atoms with van der Waals surface area (Å²) in [5.74, 6) is 0.424. The minimum absolute atomic E-state index is 0.0298. The van der Waals surface area contributed by atoms with Gasteiger partial charge in [0, 0.05) is 18.4 Å². The van der Waals surface area contributed by atoms with E-state index >= 15 is 0 Å². The number of aromatic nitrogens is 1. The van der Waals surface area contributed by atoms with Crippen LogP contribution in [0.4, 0.5) is 5.69 Å². The maximum Gasteiger partial charge on any atom is 0.264 e. The summed E-state index contributed by atoms with van der Waals surface area (Å²) >= 11 is 0. The highest BCUT2D eigenvalue weighted by molar-refractivity contribution is 5.96. The van der Waals surface area contributed by atoms with Gasteiger partial charge in [-0.15, -0.1) is 10.2 Å². The molecule has 6 heteroatoms. The molecule has 124 valence electrons. The summed E-state index contributed by atoms with van der Waals surface area (Å²) in [6.45, 7) is 4.71. The number of amides is 1. The van der Waals surface area contributed by atoms with Crippen molar-refractivity contribution in [2.75, 3.05) is 7.11 Å². The van der Waals surface area contributed by atoms with E-state index in [4.69, 9.17) is 4.74 Å². The quantitative estimate of drug-likeness (QED) is 0.760. The Kier molecular flexibility index (Phi) is 5.73. The van der Waals surface area contributed by atoms with E-state index in [-0.39, 0.29) is 11.8 Å². The first-order valence-electron chi connectivity index (χ1n) is 7.96. The van der Waals surface area contributed by atoms with Crippen LogP contribution in [0.2, 0.25) is 0 Å². The SMILES string of the molecule is CCCCC(=O)N=Nc1c(O)n(CCC)c2ccc(OC)cc12. The number of carbonyl (C=O) groups excluding carboxylic acids is 1. The minimum atomic E-state index is -0.273. The van der Waals surface area contributed by atoms with Crippen molar-refractivity contribution in [1.82, 2.24) is 4.57 Å². The zero-order chi connectivity index (χ0) is 16.8. The van der Waals surface area contributed by atoms with Crippen LogP contribution in [0.3, 0.4) is 0 Å². The fourth-order valence-corrected chi connectivity index (χ4v) is 2.46. The van der Waals surface area contributed by atoms with Crippen molar-refractivity contribution in [2.24, 2.45) is 10.2 Å². The molecule has 0 spiro atoms. The van der Waals surface area contributed by atoms with Gasteiger partial charge < -0.3 is 14.4 Å². The molecule has 2 aromatic rings. The zero-order valence-corrected chi connectivity index (χ0v) is 13.9. The molecule has 0 saturated carbocycles. The molecular weight excluding hydrogens is 294 g/mol. The minimum Gasteiger partial charge on any atom is -0.497 e. The fourth-order valence-electron chi connectivity index (χ4n) is 2.46. The number of methoxy groups -OCH3 is 1. The molecular formula is C17H23N3O3. The Labute approximate surface area is 135 Å². The summed E-state index contributed by atoms with van der Waals surface area (Å²) in [4.78, 5) is 11.7. The number of benzene rings is 1. The lowest BCUT2D eigenvalue weighted by molar-refractivity contribution is -0.118. The summed E-state index contributed by atoms with van der Waals surface area (Å²) in [7, 11) is 1.58. The van der Waals surface area contributed by atoms with E-state index in [1.165, 1.54) is 0 Å². The fraction of sp³-hybridized carbons (Fsp3) is 0.471. The van der Waals surface area contributed by atoms with Crippen molar-refractivity contribution in [1.29, 1.82) is 0 Å². The molecule has 0 aliphatic carbocycles. The molecule has 1 aromatic heterocycles. The van der Waals surface area contributed by atoms with Crippen molar-refractivity contribution in [3.63, 3.8) is 0 Å². The molecule has 0 saturated heterocycles. The van der Waals surface area contributed by atoms with Gasteiger partial charge in [-0.3, -0.25) is 4.79 Å². The normalized spacial score (nSPS) is 11.4. The third-order valence-electron chi connectivity index (χ3n) is 3.67. The Bertz CT molecular complexity index is 719. The van der Waals surface area contributed by atoms with Gasteiger partial charge in [0.2, 0.25) is 5.88 Å². The molecule has 1 heterocycles. The van der Waals surface area contributed by atoms with Crippen LogP contribution in [0.5, 0.6) is 11.6 Å². The lowest BCUT2D eigenvalue weighted by atomic mass is 10.2. The number of hydrogen-bond donors (Lipinski definition) is 1. The molecule has 1 N–H and O–H groups in total. The number of rotatable bonds is 7. The molecule has 0 bridgehead atoms. The van der Waals surface area contributed by atoms with Gasteiger partial charge in [0.25, 0.3) is 5.91 Å². The number of aromatic hydroxyl groups is 1. The lowest BCUT2D eigenvalue weighted by Gasteiger charge is -2.04. The number of fused-ring (bicyclic) bond motifs is 1. The molecule has 0 unspecified atom stereocenters. The predicted molar refractivity (Wildman–Crippen MR) is 89.5 cm³/mol. The van der Waals surface area contributed by atoms with Crippen LogP contribution in [-0.4, -0.2) is 22.7 Å². The van der Waals surface area contributed by atoms with Crippen molar-refractivity contribution in [2.45, 2.75) is 46.1 Å². The van der Waals surface area contributed by atoms with E-state index in [1.54, 1.807) is 17.7 Å². The lowest BCUT2D eigenvalue weighted by Crippen LogP contribution is -1.95. The van der Waals surface area contributed by atoms with Gasteiger partial charge >= 0.3 is 0 Å². The smallest absolute Gasteiger partial charge is 0.264 e. The maximum absolute atomic E-state index is 11.7. The highest BCUT2D eigenvalue weighted by atomic mass is 16.5. The summed E-state index contributed by atoms with van der Waals surface area (Å²) in [5.41, 5.74) is 1.16. The first-order valence-corrected chi connectivity index (χ1v) is 7.96. The molecule has 0 radical (unpaired) electrons. The van der Waals surface area contributed by atoms with Gasteiger partial charge in [-0.05, 0) is 31.0 Å². The predicted octanol–water partition coefficient (Wildman–Crippen LogP) is 4.57. The molecule has 0 aliphatic heterocycles. The zero-order valence-electron chi connectivity index (χ0n) is 13.9. The summed E-state index contributed by atoms with van der Waals surface area (Å²) in [6, 6.07) is 5.51. The Morgan fingerprint density at radius 3 is 2.74 bits per heavy atom. The van der Waals surface area contributed by atoms with Gasteiger partial charge in [-0.2, -0.15) is 0 Å². The average Bonchev–Trinajstić information content (AvgIpc) is 2.82. The molecule has 2 rings (SSSR count). The van der Waals surface area contributed by atoms with Crippen molar-refractivity contribution in [3.05, 3.63) is 18.2 Å². The first-order chi connectivity index (χ1) is 11.1. The van der Waals surface area contributed by atoms with E-state index in [0.29, 0.717) is 24.4 Å². The van der Waals surface area contributed by atoms with E-state index in [9.17, 15) is 9.90 Å². The summed E-state index contributed by atoms with van der Waals surface area (Å²) in [6.07, 6.45) is 2.96. The van der Waals surface area contributed by atoms with Crippen LogP contribution in [-0.2, 0) is 11.3 Å². The third-order valence-corrected chi connectivity index (χ3v) is 3.67. The summed E-state index contributed by atoms with van der Waals surface area (Å²) in [5, 5.41) is 18.9. The van der Waals surface area contributed by atoms with Gasteiger partial charge in [0.1, 0.15) is 5.75 Å². The van der Waals surface area contributed by atoms with Crippen LogP contribution >= 0.6 is 0 Å². The highest BCUT2D eigenvalue weighted by Crippen LogP contribution is 2.40. The van der Waals surface area contributed by atoms with Crippen molar-refractivity contribution < 1.29 is 14.6 Å². The molecule has 1 aromatic carbocycles. The number of nitrogens with zero attached hydrogens (tertiary/aromatic N) is 3. The topological polar surface area (TPSA) is 76.2 Å². The van der Waals surface area contributed by atoms with Crippen LogP contribution in [0, 0.1) is 0 Å². The number of hydrogen-bond acceptors (Lipinski definition) is 4. The Balaban J connectivity index is 2.46. The van der Waals surface area contributed by atoms with Crippen LogP contribution < -0.4 is 4.74 Å². The summed E-state index contributed by atoms with van der Waals surface area (Å²) < 4.78 is 7.01. The largest absolute Gasteiger partial charge is 0.497 e. The second-order valence-electron chi connectivity index (χ2n) is 5.40. The number of unbranched alkanes of at least 4 members (excludes halogenated alkanes) is 1. The number of azo groups is 1. The molecule has 23 heavy (non-hydrogen) atoms. The van der Waals surface area contributed by atoms with Crippen LogP contribution in [0.1, 0.15) is 39.5 Å². The van der Waals surface area contributed by atoms with Crippen molar-refractivity contribution in [3.8, 4) is 11.6 Å². The number of ether oxygens (including phenoxy) is 1. The maximum atomic E-state index is 11.7. The highest BCUT2D eigenvalue weighted by Gasteiger charge is 2.17. The molecule has 0 aliphatic rings.